The van der Waals surface area contributed by atoms with E-state index in [1.54, 1.807) is 12.1 Å². The predicted molar refractivity (Wildman–Crippen MR) is 82.9 cm³/mol. The van der Waals surface area contributed by atoms with Gasteiger partial charge in [-0.15, -0.1) is 0 Å². The summed E-state index contributed by atoms with van der Waals surface area (Å²) < 4.78 is 18.6. The topological polar surface area (TPSA) is 63.3 Å². The molecule has 4 rings (SSSR count). The zero-order valence-electron chi connectivity index (χ0n) is 12.5. The first kappa shape index (κ1) is 13.9. The number of halogens is 1. The van der Waals surface area contributed by atoms with Gasteiger partial charge in [0.1, 0.15) is 11.3 Å². The number of furan rings is 1. The minimum Gasteiger partial charge on any atom is -0.475 e. The fourth-order valence-corrected chi connectivity index (χ4v) is 2.80. The highest BCUT2D eigenvalue weighted by Crippen LogP contribution is 2.50. The van der Waals surface area contributed by atoms with Gasteiger partial charge in [0.15, 0.2) is 5.58 Å². The molecular weight excluding hydrogens is 297 g/mol. The van der Waals surface area contributed by atoms with E-state index in [1.165, 1.54) is 18.2 Å². The molecule has 2 heterocycles. The number of carboxylic acid groups (broad SMARTS) is 1. The van der Waals surface area contributed by atoms with Crippen LogP contribution in [-0.4, -0.2) is 16.1 Å². The highest BCUT2D eigenvalue weighted by atomic mass is 19.1. The Hall–Kier alpha value is -2.69. The van der Waals surface area contributed by atoms with Crippen LogP contribution in [0, 0.1) is 5.82 Å². The van der Waals surface area contributed by atoms with E-state index in [2.05, 4.69) is 11.9 Å². The molecular formula is C18H14FNO3. The minimum atomic E-state index is -1.11. The van der Waals surface area contributed by atoms with Gasteiger partial charge in [-0.3, -0.25) is 0 Å². The normalized spacial score (nSPS) is 15.7. The highest BCUT2D eigenvalue weighted by Gasteiger charge is 2.42. The highest BCUT2D eigenvalue weighted by molar-refractivity contribution is 5.92. The summed E-state index contributed by atoms with van der Waals surface area (Å²) in [5.41, 5.74) is 3.49. The maximum Gasteiger partial charge on any atom is 0.371 e. The summed E-state index contributed by atoms with van der Waals surface area (Å²) in [7, 11) is 0. The smallest absolute Gasteiger partial charge is 0.371 e. The van der Waals surface area contributed by atoms with Crippen molar-refractivity contribution < 1.29 is 18.7 Å². The van der Waals surface area contributed by atoms with Crippen LogP contribution in [0.5, 0.6) is 0 Å². The molecule has 1 N–H and O–H groups in total. The van der Waals surface area contributed by atoms with Crippen LogP contribution in [0.1, 0.15) is 35.9 Å². The van der Waals surface area contributed by atoms with Gasteiger partial charge in [0, 0.05) is 17.2 Å². The number of rotatable bonds is 3. The van der Waals surface area contributed by atoms with Crippen LogP contribution >= 0.6 is 0 Å². The second-order valence-electron chi connectivity index (χ2n) is 6.25. The first-order valence-corrected chi connectivity index (χ1v) is 7.41. The molecule has 0 unspecified atom stereocenters. The van der Waals surface area contributed by atoms with Gasteiger partial charge in [0.25, 0.3) is 0 Å². The monoisotopic (exact) mass is 311 g/mol. The fourth-order valence-electron chi connectivity index (χ4n) is 2.80. The van der Waals surface area contributed by atoms with Crippen LogP contribution in [0.15, 0.2) is 40.8 Å². The number of carboxylic acids is 1. The first-order chi connectivity index (χ1) is 11.0. The van der Waals surface area contributed by atoms with E-state index >= 15 is 0 Å². The largest absolute Gasteiger partial charge is 0.475 e. The van der Waals surface area contributed by atoms with Gasteiger partial charge in [-0.1, -0.05) is 6.92 Å². The summed E-state index contributed by atoms with van der Waals surface area (Å²) in [5, 5.41) is 9.15. The van der Waals surface area contributed by atoms with Crippen LogP contribution in [0.25, 0.3) is 22.4 Å². The molecule has 4 nitrogen and oxygen atoms in total. The number of hydrogen-bond donors (Lipinski definition) is 1. The van der Waals surface area contributed by atoms with Gasteiger partial charge in [0.2, 0.25) is 5.76 Å². The van der Waals surface area contributed by atoms with Crippen LogP contribution in [0.4, 0.5) is 4.39 Å². The molecule has 0 atom stereocenters. The van der Waals surface area contributed by atoms with Crippen molar-refractivity contribution in [3.63, 3.8) is 0 Å². The Balaban J connectivity index is 1.96. The van der Waals surface area contributed by atoms with E-state index in [1.807, 2.05) is 6.07 Å². The molecule has 0 spiro atoms. The molecule has 0 bridgehead atoms. The van der Waals surface area contributed by atoms with Crippen molar-refractivity contribution in [3.8, 4) is 11.3 Å². The van der Waals surface area contributed by atoms with E-state index in [0.29, 0.717) is 16.8 Å². The van der Waals surface area contributed by atoms with Crippen molar-refractivity contribution in [2.75, 3.05) is 0 Å². The molecule has 3 aromatic rings. The molecule has 1 saturated carbocycles. The second-order valence-corrected chi connectivity index (χ2v) is 6.25. The van der Waals surface area contributed by atoms with Crippen LogP contribution in [0.3, 0.4) is 0 Å². The van der Waals surface area contributed by atoms with Crippen molar-refractivity contribution in [3.05, 3.63) is 53.5 Å². The second kappa shape index (κ2) is 4.65. The third-order valence-corrected chi connectivity index (χ3v) is 4.48. The van der Waals surface area contributed by atoms with E-state index in [0.717, 1.165) is 24.0 Å². The lowest BCUT2D eigenvalue weighted by molar-refractivity contribution is 0.0665. The summed E-state index contributed by atoms with van der Waals surface area (Å²) in [6, 6.07) is 9.48. The summed E-state index contributed by atoms with van der Waals surface area (Å²) in [6.07, 6.45) is 2.05. The number of hydrogen-bond acceptors (Lipinski definition) is 3. The Morgan fingerprint density at radius 2 is 1.96 bits per heavy atom. The van der Waals surface area contributed by atoms with Gasteiger partial charge in [0.05, 0.1) is 5.69 Å². The Labute approximate surface area is 131 Å². The average molecular weight is 311 g/mol. The Kier molecular flexibility index (Phi) is 2.82. The van der Waals surface area contributed by atoms with Crippen molar-refractivity contribution >= 4 is 17.1 Å². The molecule has 5 heteroatoms. The van der Waals surface area contributed by atoms with Crippen LogP contribution in [-0.2, 0) is 5.41 Å². The number of carbonyl (C=O) groups is 1. The van der Waals surface area contributed by atoms with Crippen LogP contribution in [0.2, 0.25) is 0 Å². The van der Waals surface area contributed by atoms with Crippen molar-refractivity contribution in [1.82, 2.24) is 4.98 Å². The Morgan fingerprint density at radius 3 is 2.57 bits per heavy atom. The molecule has 0 amide bonds. The fraction of sp³-hybridized carbons (Fsp3) is 0.222. The minimum absolute atomic E-state index is 0.0103. The predicted octanol–water partition coefficient (Wildman–Crippen LogP) is 4.38. The molecule has 116 valence electrons. The van der Waals surface area contributed by atoms with E-state index < -0.39 is 5.97 Å². The number of aromatic carboxylic acids is 1. The summed E-state index contributed by atoms with van der Waals surface area (Å²) >= 11 is 0. The molecule has 1 aliphatic rings. The molecule has 1 aromatic carbocycles. The third-order valence-electron chi connectivity index (χ3n) is 4.48. The third kappa shape index (κ3) is 2.29. The lowest BCUT2D eigenvalue weighted by atomic mass is 9.96. The summed E-state index contributed by atoms with van der Waals surface area (Å²) in [4.78, 5) is 15.7. The quantitative estimate of drug-likeness (QED) is 0.779. The molecule has 1 fully saturated rings. The Bertz CT molecular complexity index is 923. The zero-order chi connectivity index (χ0) is 16.2. The van der Waals surface area contributed by atoms with E-state index in [9.17, 15) is 9.18 Å². The SMILES string of the molecule is CC1(c2cc(-c3ccc(F)cc3)nc3cc(C(=O)O)oc23)CC1. The number of nitrogens with zero attached hydrogens (tertiary/aromatic N) is 1. The van der Waals surface area contributed by atoms with E-state index in [-0.39, 0.29) is 17.0 Å². The number of aromatic nitrogens is 1. The molecule has 2 aromatic heterocycles. The van der Waals surface area contributed by atoms with Crippen LogP contribution < -0.4 is 0 Å². The average Bonchev–Trinajstić information content (AvgIpc) is 3.12. The van der Waals surface area contributed by atoms with Gasteiger partial charge in [-0.25, -0.2) is 14.2 Å². The standard InChI is InChI=1S/C18H14FNO3/c1-18(6-7-18)12-8-13(10-2-4-11(19)5-3-10)20-14-9-15(17(21)22)23-16(12)14/h2-5,8-9H,6-7H2,1H3,(H,21,22). The van der Waals surface area contributed by atoms with Gasteiger partial charge in [-0.2, -0.15) is 0 Å². The summed E-state index contributed by atoms with van der Waals surface area (Å²) in [6.45, 7) is 2.12. The molecule has 23 heavy (non-hydrogen) atoms. The lowest BCUT2D eigenvalue weighted by Gasteiger charge is -2.11. The molecule has 0 aliphatic heterocycles. The van der Waals surface area contributed by atoms with Gasteiger partial charge in [-0.05, 0) is 48.6 Å². The number of pyridine rings is 1. The maximum absolute atomic E-state index is 13.1. The van der Waals surface area contributed by atoms with Crippen molar-refractivity contribution in [2.45, 2.75) is 25.2 Å². The molecule has 0 radical (unpaired) electrons. The lowest BCUT2D eigenvalue weighted by Crippen LogP contribution is -2.02. The molecule has 1 aliphatic carbocycles. The van der Waals surface area contributed by atoms with Gasteiger partial charge < -0.3 is 9.52 Å². The maximum atomic E-state index is 13.1. The van der Waals surface area contributed by atoms with E-state index in [4.69, 9.17) is 9.52 Å². The first-order valence-electron chi connectivity index (χ1n) is 7.41. The summed E-state index contributed by atoms with van der Waals surface area (Å²) in [5.74, 6) is -1.53. The van der Waals surface area contributed by atoms with Crippen molar-refractivity contribution in [2.24, 2.45) is 0 Å². The number of benzene rings is 1. The zero-order valence-corrected chi connectivity index (χ0v) is 12.5. The van der Waals surface area contributed by atoms with Gasteiger partial charge >= 0.3 is 5.97 Å². The number of fused-ring (bicyclic) bond motifs is 1. The van der Waals surface area contributed by atoms with Crippen molar-refractivity contribution in [1.29, 1.82) is 0 Å². The Morgan fingerprint density at radius 1 is 1.26 bits per heavy atom. The molecule has 0 saturated heterocycles.